The van der Waals surface area contributed by atoms with E-state index in [9.17, 15) is 0 Å². The van der Waals surface area contributed by atoms with Gasteiger partial charge in [-0.3, -0.25) is 0 Å². The van der Waals surface area contributed by atoms with Crippen molar-refractivity contribution in [3.05, 3.63) is 46.9 Å². The maximum absolute atomic E-state index is 5.58. The van der Waals surface area contributed by atoms with Crippen molar-refractivity contribution < 1.29 is 9.26 Å². The van der Waals surface area contributed by atoms with Crippen LogP contribution in [0.15, 0.2) is 28.8 Å². The Balaban J connectivity index is 1.59. The molecule has 1 unspecified atom stereocenters. The molecule has 1 fully saturated rings. The molecule has 0 amide bonds. The molecule has 3 heterocycles. The summed E-state index contributed by atoms with van der Waals surface area (Å²) < 4.78 is 13.1. The summed E-state index contributed by atoms with van der Waals surface area (Å²) in [6.45, 7) is 3.56. The zero-order chi connectivity index (χ0) is 16.8. The van der Waals surface area contributed by atoms with Crippen LogP contribution >= 0.6 is 0 Å². The van der Waals surface area contributed by atoms with Gasteiger partial charge in [0.15, 0.2) is 11.5 Å². The minimum Gasteiger partial charge on any atom is -0.381 e. The number of benzene rings is 1. The van der Waals surface area contributed by atoms with Crippen molar-refractivity contribution in [1.29, 1.82) is 0 Å². The molecule has 0 saturated carbocycles. The fourth-order valence-electron chi connectivity index (χ4n) is 3.84. The van der Waals surface area contributed by atoms with Crippen LogP contribution in [0.25, 0.3) is 17.3 Å². The number of aryl methyl sites for hydroxylation is 1. The Hall–Kier alpha value is -2.47. The maximum Gasteiger partial charge on any atom is 0.278 e. The molecule has 3 aromatic rings. The second-order valence-electron chi connectivity index (χ2n) is 6.84. The third-order valence-corrected chi connectivity index (χ3v) is 5.21. The standard InChI is InChI=1S/C19H20N4O2/c1-12-5-2-3-7-15(12)23-16-8-4-6-14(16)17(21-23)19-20-18(22-25-19)13-9-10-24-11-13/h2-3,5,7,13H,4,6,8-11H2,1H3. The number of para-hydroxylation sites is 1. The van der Waals surface area contributed by atoms with Crippen molar-refractivity contribution in [2.45, 2.75) is 38.5 Å². The highest BCUT2D eigenvalue weighted by Gasteiger charge is 2.29. The van der Waals surface area contributed by atoms with E-state index in [1.165, 1.54) is 16.8 Å². The van der Waals surface area contributed by atoms with Gasteiger partial charge < -0.3 is 9.26 Å². The van der Waals surface area contributed by atoms with Crippen LogP contribution < -0.4 is 0 Å². The van der Waals surface area contributed by atoms with Gasteiger partial charge in [0, 0.05) is 23.8 Å². The number of aromatic nitrogens is 4. The Labute approximate surface area is 145 Å². The summed E-state index contributed by atoms with van der Waals surface area (Å²) in [6.07, 6.45) is 4.15. The van der Waals surface area contributed by atoms with Gasteiger partial charge in [-0.25, -0.2) is 4.68 Å². The van der Waals surface area contributed by atoms with E-state index in [0.717, 1.165) is 49.5 Å². The number of ether oxygens (including phenoxy) is 1. The molecular formula is C19H20N4O2. The van der Waals surface area contributed by atoms with Gasteiger partial charge in [-0.2, -0.15) is 10.1 Å². The highest BCUT2D eigenvalue weighted by Crippen LogP contribution is 2.34. The van der Waals surface area contributed by atoms with Gasteiger partial charge >= 0.3 is 0 Å². The summed E-state index contributed by atoms with van der Waals surface area (Å²) in [7, 11) is 0. The zero-order valence-electron chi connectivity index (χ0n) is 14.2. The second kappa shape index (κ2) is 5.81. The molecule has 2 aliphatic rings. The SMILES string of the molecule is Cc1ccccc1-n1nc(-c2nc(C3CCOC3)no2)c2c1CCC2. The molecule has 1 aromatic carbocycles. The minimum absolute atomic E-state index is 0.240. The molecule has 1 atom stereocenters. The van der Waals surface area contributed by atoms with Crippen molar-refractivity contribution in [3.63, 3.8) is 0 Å². The van der Waals surface area contributed by atoms with E-state index in [2.05, 4.69) is 46.0 Å². The molecule has 1 aliphatic carbocycles. The van der Waals surface area contributed by atoms with Gasteiger partial charge in [0.25, 0.3) is 5.89 Å². The van der Waals surface area contributed by atoms with Gasteiger partial charge in [0.05, 0.1) is 12.3 Å². The van der Waals surface area contributed by atoms with Crippen LogP contribution in [-0.2, 0) is 17.6 Å². The van der Waals surface area contributed by atoms with Gasteiger partial charge in [-0.15, -0.1) is 0 Å². The number of rotatable bonds is 3. The lowest BCUT2D eigenvalue weighted by Crippen LogP contribution is -2.03. The van der Waals surface area contributed by atoms with Crippen molar-refractivity contribution >= 4 is 0 Å². The van der Waals surface area contributed by atoms with Crippen LogP contribution in [0, 0.1) is 6.92 Å². The highest BCUT2D eigenvalue weighted by atomic mass is 16.5. The molecule has 0 bridgehead atoms. The van der Waals surface area contributed by atoms with E-state index in [1.54, 1.807) is 0 Å². The zero-order valence-corrected chi connectivity index (χ0v) is 14.2. The van der Waals surface area contributed by atoms with Crippen LogP contribution in [0.3, 0.4) is 0 Å². The van der Waals surface area contributed by atoms with Gasteiger partial charge in [-0.05, 0) is 44.2 Å². The maximum atomic E-state index is 5.58. The molecule has 6 nitrogen and oxygen atoms in total. The Bertz CT molecular complexity index is 921. The molecule has 128 valence electrons. The molecule has 6 heteroatoms. The summed E-state index contributed by atoms with van der Waals surface area (Å²) in [5, 5.41) is 9.05. The van der Waals surface area contributed by atoms with Gasteiger partial charge in [-0.1, -0.05) is 23.4 Å². The average Bonchev–Trinajstić information content (AvgIpc) is 3.38. The molecule has 0 radical (unpaired) electrons. The predicted molar refractivity (Wildman–Crippen MR) is 91.8 cm³/mol. The fourth-order valence-corrected chi connectivity index (χ4v) is 3.84. The lowest BCUT2D eigenvalue weighted by molar-refractivity contribution is 0.192. The van der Waals surface area contributed by atoms with Crippen LogP contribution in [0.4, 0.5) is 0 Å². The smallest absolute Gasteiger partial charge is 0.278 e. The van der Waals surface area contributed by atoms with E-state index in [0.29, 0.717) is 12.5 Å². The van der Waals surface area contributed by atoms with Crippen molar-refractivity contribution in [3.8, 4) is 17.3 Å². The highest BCUT2D eigenvalue weighted by molar-refractivity contribution is 5.58. The molecule has 0 spiro atoms. The Morgan fingerprint density at radius 1 is 1.20 bits per heavy atom. The molecule has 2 aromatic heterocycles. The second-order valence-corrected chi connectivity index (χ2v) is 6.84. The van der Waals surface area contributed by atoms with E-state index in [4.69, 9.17) is 14.4 Å². The summed E-state index contributed by atoms with van der Waals surface area (Å²) in [5.41, 5.74) is 5.69. The molecule has 5 rings (SSSR count). The van der Waals surface area contributed by atoms with Crippen LogP contribution in [0.2, 0.25) is 0 Å². The number of hydrogen-bond acceptors (Lipinski definition) is 5. The summed E-state index contributed by atoms with van der Waals surface area (Å²) >= 11 is 0. The van der Waals surface area contributed by atoms with Crippen molar-refractivity contribution in [2.24, 2.45) is 0 Å². The van der Waals surface area contributed by atoms with E-state index >= 15 is 0 Å². The topological polar surface area (TPSA) is 66.0 Å². The van der Waals surface area contributed by atoms with Crippen LogP contribution in [-0.4, -0.2) is 33.1 Å². The van der Waals surface area contributed by atoms with E-state index in [-0.39, 0.29) is 5.92 Å². The fraction of sp³-hybridized carbons (Fsp3) is 0.421. The minimum atomic E-state index is 0.240. The third kappa shape index (κ3) is 2.40. The quantitative estimate of drug-likeness (QED) is 0.735. The average molecular weight is 336 g/mol. The number of fused-ring (bicyclic) bond motifs is 1. The monoisotopic (exact) mass is 336 g/mol. The summed E-state index contributed by atoms with van der Waals surface area (Å²) in [5.74, 6) is 1.51. The largest absolute Gasteiger partial charge is 0.381 e. The van der Waals surface area contributed by atoms with Gasteiger partial charge in [0.1, 0.15) is 0 Å². The number of hydrogen-bond donors (Lipinski definition) is 0. The Morgan fingerprint density at radius 2 is 2.12 bits per heavy atom. The van der Waals surface area contributed by atoms with Gasteiger partial charge in [0.2, 0.25) is 0 Å². The Kier molecular flexibility index (Phi) is 3.45. The van der Waals surface area contributed by atoms with Crippen molar-refractivity contribution in [1.82, 2.24) is 19.9 Å². The van der Waals surface area contributed by atoms with E-state index < -0.39 is 0 Å². The summed E-state index contributed by atoms with van der Waals surface area (Å²) in [4.78, 5) is 4.64. The van der Waals surface area contributed by atoms with Crippen LogP contribution in [0.5, 0.6) is 0 Å². The Morgan fingerprint density at radius 3 is 2.96 bits per heavy atom. The molecular weight excluding hydrogens is 316 g/mol. The normalized spacial score (nSPS) is 19.5. The lowest BCUT2D eigenvalue weighted by Gasteiger charge is -2.08. The first kappa shape index (κ1) is 14.8. The molecule has 0 N–H and O–H groups in total. The molecule has 1 saturated heterocycles. The van der Waals surface area contributed by atoms with Crippen molar-refractivity contribution in [2.75, 3.05) is 13.2 Å². The first-order valence-corrected chi connectivity index (χ1v) is 8.90. The van der Waals surface area contributed by atoms with Crippen LogP contribution in [0.1, 0.15) is 41.4 Å². The number of nitrogens with zero attached hydrogens (tertiary/aromatic N) is 4. The molecule has 1 aliphatic heterocycles. The first-order chi connectivity index (χ1) is 12.3. The van der Waals surface area contributed by atoms with E-state index in [1.807, 2.05) is 0 Å². The lowest BCUT2D eigenvalue weighted by atomic mass is 10.1. The predicted octanol–water partition coefficient (Wildman–Crippen LogP) is 3.22. The third-order valence-electron chi connectivity index (χ3n) is 5.21. The summed E-state index contributed by atoms with van der Waals surface area (Å²) in [6, 6.07) is 8.33. The first-order valence-electron chi connectivity index (χ1n) is 8.90. The molecule has 25 heavy (non-hydrogen) atoms.